The average molecular weight is 479 g/mol. The number of para-hydroxylation sites is 1. The molecule has 35 heavy (non-hydrogen) atoms. The molecule has 0 aliphatic heterocycles. The van der Waals surface area contributed by atoms with E-state index in [-0.39, 0.29) is 24.6 Å². The van der Waals surface area contributed by atoms with Crippen LogP contribution in [0.4, 0.5) is 10.2 Å². The predicted molar refractivity (Wildman–Crippen MR) is 133 cm³/mol. The lowest BCUT2D eigenvalue weighted by Gasteiger charge is -2.29. The number of halogens is 1. The number of rotatable bonds is 7. The zero-order valence-corrected chi connectivity index (χ0v) is 20.3. The van der Waals surface area contributed by atoms with Crippen LogP contribution >= 0.6 is 0 Å². The van der Waals surface area contributed by atoms with Crippen molar-refractivity contribution in [1.29, 1.82) is 0 Å². The predicted octanol–water partition coefficient (Wildman–Crippen LogP) is 4.77. The number of aliphatic hydroxyl groups is 1. The third-order valence-electron chi connectivity index (χ3n) is 6.83. The van der Waals surface area contributed by atoms with E-state index in [0.29, 0.717) is 5.75 Å². The Morgan fingerprint density at radius 3 is 2.66 bits per heavy atom. The summed E-state index contributed by atoms with van der Waals surface area (Å²) in [6, 6.07) is 8.79. The number of pyridine rings is 1. The summed E-state index contributed by atoms with van der Waals surface area (Å²) >= 11 is 0. The largest absolute Gasteiger partial charge is 0.487 e. The van der Waals surface area contributed by atoms with E-state index in [4.69, 9.17) is 9.84 Å². The maximum atomic E-state index is 14.0. The topological polar surface area (TPSA) is 90.0 Å². The molecule has 0 unspecified atom stereocenters. The first-order chi connectivity index (χ1) is 16.9. The lowest BCUT2D eigenvalue weighted by atomic mass is 9.93. The average Bonchev–Trinajstić information content (AvgIpc) is 3.51. The van der Waals surface area contributed by atoms with Crippen LogP contribution in [0.3, 0.4) is 0 Å². The smallest absolute Gasteiger partial charge is 0.165 e. The fraction of sp³-hybridized carbons (Fsp3) is 0.423. The van der Waals surface area contributed by atoms with Gasteiger partial charge in [0.1, 0.15) is 11.5 Å². The third kappa shape index (κ3) is 4.48. The van der Waals surface area contributed by atoms with Crippen molar-refractivity contribution in [2.45, 2.75) is 57.2 Å². The molecule has 0 spiro atoms. The molecule has 184 valence electrons. The molecular formula is C26H31FN6O2. The molecule has 0 bridgehead atoms. The number of nitrogens with zero attached hydrogens (tertiary/aromatic N) is 5. The molecule has 0 amide bonds. The zero-order chi connectivity index (χ0) is 24.6. The van der Waals surface area contributed by atoms with Gasteiger partial charge in [0, 0.05) is 36.5 Å². The summed E-state index contributed by atoms with van der Waals surface area (Å²) < 4.78 is 23.9. The minimum absolute atomic E-state index is 0.0158. The van der Waals surface area contributed by atoms with Gasteiger partial charge in [-0.15, -0.1) is 0 Å². The van der Waals surface area contributed by atoms with Crippen LogP contribution in [0.1, 0.15) is 45.6 Å². The molecule has 0 atom stereocenters. The van der Waals surface area contributed by atoms with Crippen LogP contribution in [0.2, 0.25) is 0 Å². The molecule has 1 aliphatic rings. The Morgan fingerprint density at radius 1 is 1.17 bits per heavy atom. The number of fused-ring (bicyclic) bond motifs is 1. The number of benzene rings is 1. The highest BCUT2D eigenvalue weighted by Gasteiger charge is 2.28. The van der Waals surface area contributed by atoms with Gasteiger partial charge in [0.15, 0.2) is 11.6 Å². The molecule has 0 radical (unpaired) electrons. The van der Waals surface area contributed by atoms with Gasteiger partial charge >= 0.3 is 0 Å². The number of aliphatic hydroxyl groups excluding tert-OH is 1. The van der Waals surface area contributed by atoms with Crippen molar-refractivity contribution in [2.75, 3.05) is 19.0 Å². The Morgan fingerprint density at radius 2 is 1.94 bits per heavy atom. The molecule has 5 rings (SSSR count). The van der Waals surface area contributed by atoms with Crippen molar-refractivity contribution in [2.24, 2.45) is 0 Å². The summed E-state index contributed by atoms with van der Waals surface area (Å²) in [5.41, 5.74) is 2.20. The van der Waals surface area contributed by atoms with E-state index in [2.05, 4.69) is 20.1 Å². The first-order valence-corrected chi connectivity index (χ1v) is 12.0. The summed E-state index contributed by atoms with van der Waals surface area (Å²) in [4.78, 5) is 4.52. The highest BCUT2D eigenvalue weighted by atomic mass is 19.1. The number of aromatic nitrogens is 5. The quantitative estimate of drug-likeness (QED) is 0.398. The summed E-state index contributed by atoms with van der Waals surface area (Å²) in [6.45, 7) is 3.85. The first-order valence-electron chi connectivity index (χ1n) is 12.0. The van der Waals surface area contributed by atoms with Crippen LogP contribution in [0, 0.1) is 5.82 Å². The Kier molecular flexibility index (Phi) is 6.19. The molecule has 1 saturated carbocycles. The fourth-order valence-electron chi connectivity index (χ4n) is 4.64. The standard InChI is InChI=1S/C26H31FN6O2/c1-26(2,16-34)32-15-17(13-30-32)25-20-14-29-24(28-3)12-22(20)33(31-25)18-8-10-19(11-9-18)35-23-7-5-4-6-21(23)27/h4-7,12-15,18-19,34H,8-11,16H2,1-3H3,(H,28,29)/t18-,19+. The molecule has 2 N–H and O–H groups in total. The molecule has 4 aromatic rings. The van der Waals surface area contributed by atoms with Gasteiger partial charge in [0.2, 0.25) is 0 Å². The van der Waals surface area contributed by atoms with Crippen molar-refractivity contribution in [3.05, 3.63) is 54.7 Å². The Hall–Kier alpha value is -3.46. The Labute approximate surface area is 203 Å². The van der Waals surface area contributed by atoms with E-state index in [1.807, 2.05) is 39.4 Å². The van der Waals surface area contributed by atoms with Gasteiger partial charge in [-0.25, -0.2) is 9.37 Å². The second-order valence-corrected chi connectivity index (χ2v) is 9.75. The molecule has 1 fully saturated rings. The zero-order valence-electron chi connectivity index (χ0n) is 20.3. The monoisotopic (exact) mass is 478 g/mol. The summed E-state index contributed by atoms with van der Waals surface area (Å²) in [7, 11) is 1.85. The second kappa shape index (κ2) is 9.30. The van der Waals surface area contributed by atoms with E-state index >= 15 is 0 Å². The molecular weight excluding hydrogens is 447 g/mol. The number of nitrogens with one attached hydrogen (secondary N) is 1. The normalized spacial score (nSPS) is 18.7. The van der Waals surface area contributed by atoms with Crippen LogP contribution in [0.5, 0.6) is 5.75 Å². The van der Waals surface area contributed by atoms with Crippen molar-refractivity contribution < 1.29 is 14.2 Å². The lowest BCUT2D eigenvalue weighted by Crippen LogP contribution is -2.30. The Bertz CT molecular complexity index is 1320. The summed E-state index contributed by atoms with van der Waals surface area (Å²) in [6.07, 6.45) is 8.94. The third-order valence-corrected chi connectivity index (χ3v) is 6.83. The van der Waals surface area contributed by atoms with Crippen LogP contribution in [0.25, 0.3) is 22.2 Å². The molecule has 0 saturated heterocycles. The molecule has 3 aromatic heterocycles. The van der Waals surface area contributed by atoms with Crippen LogP contribution in [-0.2, 0) is 5.54 Å². The highest BCUT2D eigenvalue weighted by Crippen LogP contribution is 2.37. The van der Waals surface area contributed by atoms with Gasteiger partial charge in [-0.3, -0.25) is 9.36 Å². The maximum absolute atomic E-state index is 14.0. The number of anilines is 1. The van der Waals surface area contributed by atoms with Gasteiger partial charge in [-0.05, 0) is 51.7 Å². The second-order valence-electron chi connectivity index (χ2n) is 9.75. The minimum atomic E-state index is -0.509. The van der Waals surface area contributed by atoms with E-state index in [0.717, 1.165) is 53.7 Å². The maximum Gasteiger partial charge on any atom is 0.165 e. The number of hydrogen-bond donors (Lipinski definition) is 2. The minimum Gasteiger partial charge on any atom is -0.487 e. The number of hydrogen-bond acceptors (Lipinski definition) is 6. The van der Waals surface area contributed by atoms with Gasteiger partial charge in [0.25, 0.3) is 0 Å². The van der Waals surface area contributed by atoms with Crippen molar-refractivity contribution in [3.63, 3.8) is 0 Å². The van der Waals surface area contributed by atoms with Crippen LogP contribution < -0.4 is 10.1 Å². The number of ether oxygens (including phenoxy) is 1. The fourth-order valence-corrected chi connectivity index (χ4v) is 4.64. The van der Waals surface area contributed by atoms with Gasteiger partial charge in [-0.2, -0.15) is 10.2 Å². The van der Waals surface area contributed by atoms with Crippen LogP contribution in [0.15, 0.2) is 48.9 Å². The molecule has 9 heteroatoms. The van der Waals surface area contributed by atoms with Gasteiger partial charge < -0.3 is 15.2 Å². The highest BCUT2D eigenvalue weighted by molar-refractivity contribution is 5.93. The van der Waals surface area contributed by atoms with Crippen molar-refractivity contribution in [1.82, 2.24) is 24.5 Å². The van der Waals surface area contributed by atoms with E-state index in [1.165, 1.54) is 6.07 Å². The van der Waals surface area contributed by atoms with E-state index < -0.39 is 5.54 Å². The first kappa shape index (κ1) is 23.3. The Balaban J connectivity index is 1.43. The lowest BCUT2D eigenvalue weighted by molar-refractivity contribution is 0.126. The molecule has 1 aliphatic carbocycles. The van der Waals surface area contributed by atoms with E-state index in [9.17, 15) is 9.50 Å². The van der Waals surface area contributed by atoms with E-state index in [1.54, 1.807) is 29.1 Å². The molecule has 3 heterocycles. The van der Waals surface area contributed by atoms with Crippen molar-refractivity contribution >= 4 is 16.7 Å². The van der Waals surface area contributed by atoms with Gasteiger partial charge in [0.05, 0.1) is 36.0 Å². The van der Waals surface area contributed by atoms with Gasteiger partial charge in [-0.1, -0.05) is 12.1 Å². The summed E-state index contributed by atoms with van der Waals surface area (Å²) in [5.74, 6) is 0.767. The molecule has 1 aromatic carbocycles. The SMILES string of the molecule is CNc1cc2c(cn1)c(-c1cnn(C(C)(C)CO)c1)nn2[C@H]1CC[C@@H](Oc2ccccc2F)CC1. The van der Waals surface area contributed by atoms with Crippen molar-refractivity contribution in [3.8, 4) is 17.0 Å². The molecule has 8 nitrogen and oxygen atoms in total. The van der Waals surface area contributed by atoms with Crippen LogP contribution in [-0.4, -0.2) is 49.4 Å². The summed E-state index contributed by atoms with van der Waals surface area (Å²) in [5, 5.41) is 23.3.